The highest BCUT2D eigenvalue weighted by atomic mass is 19.2. The lowest BCUT2D eigenvalue weighted by Gasteiger charge is -2.03. The van der Waals surface area contributed by atoms with Crippen LogP contribution in [0.2, 0.25) is 0 Å². The first kappa shape index (κ1) is 5.48. The van der Waals surface area contributed by atoms with E-state index in [2.05, 4.69) is 0 Å². The second-order valence-corrected chi connectivity index (χ2v) is 1.68. The molecule has 44 valence electrons. The first-order valence-electron chi connectivity index (χ1n) is 2.47. The summed E-state index contributed by atoms with van der Waals surface area (Å²) in [5.74, 6) is -0.660. The number of allylic oxidation sites excluding steroid dienone is 4. The largest absolute Gasteiger partial charge is 0.239 e. The van der Waals surface area contributed by atoms with Gasteiger partial charge in [-0.05, 0) is 6.08 Å². The Morgan fingerprint density at radius 3 is 2.75 bits per heavy atom. The molecule has 0 radical (unpaired) electrons. The molecule has 0 aliphatic heterocycles. The molecule has 0 fully saturated rings. The van der Waals surface area contributed by atoms with Crippen molar-refractivity contribution in [3.05, 3.63) is 24.1 Å². The topological polar surface area (TPSA) is 0 Å². The Hall–Kier alpha value is -0.660. The minimum atomic E-state index is -1.39. The molecule has 0 spiro atoms. The predicted molar refractivity (Wildman–Crippen MR) is 27.8 cm³/mol. The smallest absolute Gasteiger partial charge is 0.155 e. The highest BCUT2D eigenvalue weighted by molar-refractivity contribution is 5.16. The van der Waals surface area contributed by atoms with E-state index >= 15 is 0 Å². The lowest BCUT2D eigenvalue weighted by atomic mass is 10.1. The number of hydrogen-bond donors (Lipinski definition) is 0. The Balaban J connectivity index is 2.66. The van der Waals surface area contributed by atoms with Crippen molar-refractivity contribution < 1.29 is 8.78 Å². The van der Waals surface area contributed by atoms with Crippen molar-refractivity contribution in [2.75, 3.05) is 0 Å². The van der Waals surface area contributed by atoms with E-state index in [1.807, 2.05) is 0 Å². The van der Waals surface area contributed by atoms with Crippen LogP contribution in [0.25, 0.3) is 0 Å². The van der Waals surface area contributed by atoms with Gasteiger partial charge in [0, 0.05) is 6.42 Å². The quantitative estimate of drug-likeness (QED) is 0.454. The van der Waals surface area contributed by atoms with E-state index in [4.69, 9.17) is 0 Å². The van der Waals surface area contributed by atoms with E-state index in [1.54, 1.807) is 6.08 Å². The average Bonchev–Trinajstić information content (AvgIpc) is 1.77. The van der Waals surface area contributed by atoms with Crippen molar-refractivity contribution in [3.63, 3.8) is 0 Å². The van der Waals surface area contributed by atoms with Gasteiger partial charge in [-0.3, -0.25) is 0 Å². The minimum Gasteiger partial charge on any atom is -0.239 e. The van der Waals surface area contributed by atoms with Crippen LogP contribution in [-0.2, 0) is 0 Å². The molecule has 0 nitrogen and oxygen atoms in total. The number of halogens is 2. The van der Waals surface area contributed by atoms with Gasteiger partial charge in [-0.1, -0.05) is 12.2 Å². The molecular formula is C6H6F2. The fourth-order valence-electron chi connectivity index (χ4n) is 0.575. The van der Waals surface area contributed by atoms with E-state index in [1.165, 1.54) is 6.08 Å². The van der Waals surface area contributed by atoms with Crippen LogP contribution in [0.5, 0.6) is 0 Å². The van der Waals surface area contributed by atoms with Crippen LogP contribution in [-0.4, -0.2) is 6.17 Å². The normalized spacial score (nSPS) is 27.8. The second-order valence-electron chi connectivity index (χ2n) is 1.68. The molecule has 0 aromatic rings. The molecule has 1 unspecified atom stereocenters. The van der Waals surface area contributed by atoms with Crippen molar-refractivity contribution in [2.45, 2.75) is 12.6 Å². The molecule has 0 N–H and O–H groups in total. The molecule has 1 aliphatic rings. The fraction of sp³-hybridized carbons (Fsp3) is 0.333. The zero-order chi connectivity index (χ0) is 5.98. The van der Waals surface area contributed by atoms with Gasteiger partial charge in [-0.2, -0.15) is 0 Å². The SMILES string of the molecule is FC1=CC=CCC1F. The Morgan fingerprint density at radius 1 is 1.62 bits per heavy atom. The highest BCUT2D eigenvalue weighted by Crippen LogP contribution is 2.16. The van der Waals surface area contributed by atoms with Gasteiger partial charge in [-0.25, -0.2) is 8.78 Å². The third kappa shape index (κ3) is 0.941. The van der Waals surface area contributed by atoms with Crippen LogP contribution in [0.4, 0.5) is 8.78 Å². The summed E-state index contributed by atoms with van der Waals surface area (Å²) in [7, 11) is 0. The van der Waals surface area contributed by atoms with Crippen LogP contribution in [0, 0.1) is 0 Å². The predicted octanol–water partition coefficient (Wildman–Crippen LogP) is 2.14. The molecule has 0 bridgehead atoms. The third-order valence-electron chi connectivity index (χ3n) is 1.03. The fourth-order valence-corrected chi connectivity index (χ4v) is 0.575. The van der Waals surface area contributed by atoms with Crippen molar-refractivity contribution >= 4 is 0 Å². The number of alkyl halides is 1. The molecule has 1 rings (SSSR count). The molecule has 1 aliphatic carbocycles. The maximum atomic E-state index is 12.1. The lowest BCUT2D eigenvalue weighted by Crippen LogP contribution is -2.00. The summed E-state index contributed by atoms with van der Waals surface area (Å²) in [6.45, 7) is 0. The summed E-state index contributed by atoms with van der Waals surface area (Å²) in [6.07, 6.45) is 3.07. The van der Waals surface area contributed by atoms with Crippen LogP contribution in [0.3, 0.4) is 0 Å². The van der Waals surface area contributed by atoms with Crippen LogP contribution in [0.15, 0.2) is 24.1 Å². The zero-order valence-electron chi connectivity index (χ0n) is 4.27. The molecule has 1 atom stereocenters. The van der Waals surface area contributed by atoms with Crippen molar-refractivity contribution in [1.82, 2.24) is 0 Å². The van der Waals surface area contributed by atoms with Gasteiger partial charge < -0.3 is 0 Å². The molecule has 0 heterocycles. The van der Waals surface area contributed by atoms with Gasteiger partial charge >= 0.3 is 0 Å². The van der Waals surface area contributed by atoms with Crippen molar-refractivity contribution in [1.29, 1.82) is 0 Å². The molecule has 8 heavy (non-hydrogen) atoms. The number of rotatable bonds is 0. The van der Waals surface area contributed by atoms with Gasteiger partial charge in [0.05, 0.1) is 0 Å². The van der Waals surface area contributed by atoms with E-state index in [-0.39, 0.29) is 6.42 Å². The monoisotopic (exact) mass is 116 g/mol. The summed E-state index contributed by atoms with van der Waals surface area (Å²) >= 11 is 0. The van der Waals surface area contributed by atoms with E-state index in [0.29, 0.717) is 0 Å². The van der Waals surface area contributed by atoms with Gasteiger partial charge in [0.25, 0.3) is 0 Å². The summed E-state index contributed by atoms with van der Waals surface area (Å²) in [5, 5.41) is 0. The standard InChI is InChI=1S/C6H6F2/c7-5-3-1-2-4-6(5)8/h1-3,6H,4H2. The average molecular weight is 116 g/mol. The van der Waals surface area contributed by atoms with Crippen LogP contribution < -0.4 is 0 Å². The molecule has 0 amide bonds. The van der Waals surface area contributed by atoms with Gasteiger partial charge in [-0.15, -0.1) is 0 Å². The highest BCUT2D eigenvalue weighted by Gasteiger charge is 2.11. The molecule has 0 aromatic carbocycles. The molecular weight excluding hydrogens is 110 g/mol. The van der Waals surface area contributed by atoms with Crippen molar-refractivity contribution in [2.24, 2.45) is 0 Å². The van der Waals surface area contributed by atoms with Gasteiger partial charge in [0.1, 0.15) is 5.83 Å². The minimum absolute atomic E-state index is 0.183. The van der Waals surface area contributed by atoms with Crippen LogP contribution in [0.1, 0.15) is 6.42 Å². The van der Waals surface area contributed by atoms with E-state index < -0.39 is 12.0 Å². The first-order valence-corrected chi connectivity index (χ1v) is 2.47. The third-order valence-corrected chi connectivity index (χ3v) is 1.03. The molecule has 0 saturated carbocycles. The number of hydrogen-bond acceptors (Lipinski definition) is 0. The van der Waals surface area contributed by atoms with E-state index in [0.717, 1.165) is 6.08 Å². The summed E-state index contributed by atoms with van der Waals surface area (Å²) in [5.41, 5.74) is 0. The first-order chi connectivity index (χ1) is 3.80. The summed E-state index contributed by atoms with van der Waals surface area (Å²) in [6, 6.07) is 0. The Kier molecular flexibility index (Phi) is 1.42. The Labute approximate surface area is 46.5 Å². The Bertz CT molecular complexity index is 135. The molecule has 2 heteroatoms. The van der Waals surface area contributed by atoms with Crippen LogP contribution >= 0.6 is 0 Å². The zero-order valence-corrected chi connectivity index (χ0v) is 4.27. The second kappa shape index (κ2) is 2.07. The maximum Gasteiger partial charge on any atom is 0.155 e. The van der Waals surface area contributed by atoms with Gasteiger partial charge in [0.2, 0.25) is 0 Å². The molecule has 0 saturated heterocycles. The summed E-state index contributed by atoms with van der Waals surface area (Å²) < 4.78 is 24.1. The maximum absolute atomic E-state index is 12.1. The van der Waals surface area contributed by atoms with Gasteiger partial charge in [0.15, 0.2) is 6.17 Å². The van der Waals surface area contributed by atoms with E-state index in [9.17, 15) is 8.78 Å². The molecule has 0 aromatic heterocycles. The lowest BCUT2D eigenvalue weighted by molar-refractivity contribution is 0.326. The van der Waals surface area contributed by atoms with Crippen molar-refractivity contribution in [3.8, 4) is 0 Å². The Morgan fingerprint density at radius 2 is 2.38 bits per heavy atom. The summed E-state index contributed by atoms with van der Waals surface area (Å²) in [4.78, 5) is 0.